The van der Waals surface area contributed by atoms with Gasteiger partial charge >= 0.3 is 0 Å². The highest BCUT2D eigenvalue weighted by Crippen LogP contribution is 2.52. The summed E-state index contributed by atoms with van der Waals surface area (Å²) in [4.78, 5) is 14.6. The number of hydrogen-bond donors (Lipinski definition) is 0. The molecule has 3 heteroatoms. The van der Waals surface area contributed by atoms with E-state index in [1.54, 1.807) is 7.11 Å². The first kappa shape index (κ1) is 13.5. The Labute approximate surface area is 130 Å². The van der Waals surface area contributed by atoms with Crippen molar-refractivity contribution in [2.45, 2.75) is 30.9 Å². The molecule has 2 aromatic rings. The number of β-lactam (4-membered cyclic amide) rings is 1. The summed E-state index contributed by atoms with van der Waals surface area (Å²) in [6, 6.07) is 18.4. The second-order valence-corrected chi connectivity index (χ2v) is 6.06. The van der Waals surface area contributed by atoms with E-state index in [0.29, 0.717) is 0 Å². The summed E-state index contributed by atoms with van der Waals surface area (Å²) < 4.78 is 5.61. The Morgan fingerprint density at radius 3 is 2.59 bits per heavy atom. The number of nitrogens with zero attached hydrogens (tertiary/aromatic N) is 1. The molecule has 112 valence electrons. The molecule has 0 radical (unpaired) electrons. The van der Waals surface area contributed by atoms with Crippen LogP contribution in [0.25, 0.3) is 0 Å². The van der Waals surface area contributed by atoms with Gasteiger partial charge in [0.15, 0.2) is 6.10 Å². The highest BCUT2D eigenvalue weighted by molar-refractivity contribution is 6.07. The molecule has 0 N–H and O–H groups in total. The van der Waals surface area contributed by atoms with Crippen molar-refractivity contribution in [3.8, 4) is 0 Å². The predicted molar refractivity (Wildman–Crippen MR) is 85.8 cm³/mol. The average molecular weight is 293 g/mol. The SMILES string of the molecule is COC1C(=O)N(c2ccccc2)C12CCCc1ccccc12. The lowest BCUT2D eigenvalue weighted by Crippen LogP contribution is -2.74. The standard InChI is InChI=1S/C19H19NO2/c1-22-17-18(21)20(15-10-3-2-4-11-15)19(17)13-7-9-14-8-5-6-12-16(14)19/h2-6,8,10-12,17H,7,9,13H2,1H3. The van der Waals surface area contributed by atoms with Crippen LogP contribution in [-0.4, -0.2) is 19.1 Å². The molecule has 2 aromatic carbocycles. The zero-order chi connectivity index (χ0) is 15.2. The topological polar surface area (TPSA) is 29.5 Å². The minimum atomic E-state index is -0.380. The molecule has 2 atom stereocenters. The predicted octanol–water partition coefficient (Wildman–Crippen LogP) is 3.28. The van der Waals surface area contributed by atoms with Gasteiger partial charge in [-0.1, -0.05) is 42.5 Å². The smallest absolute Gasteiger partial charge is 0.259 e. The van der Waals surface area contributed by atoms with Crippen molar-refractivity contribution in [1.82, 2.24) is 0 Å². The van der Waals surface area contributed by atoms with Gasteiger partial charge in [0, 0.05) is 12.8 Å². The van der Waals surface area contributed by atoms with Crippen molar-refractivity contribution in [2.24, 2.45) is 0 Å². The van der Waals surface area contributed by atoms with Crippen molar-refractivity contribution in [1.29, 1.82) is 0 Å². The Morgan fingerprint density at radius 2 is 1.82 bits per heavy atom. The number of amides is 1. The van der Waals surface area contributed by atoms with Crippen LogP contribution >= 0.6 is 0 Å². The van der Waals surface area contributed by atoms with Crippen LogP contribution in [0.4, 0.5) is 5.69 Å². The maximum absolute atomic E-state index is 12.7. The van der Waals surface area contributed by atoms with Crippen molar-refractivity contribution in [2.75, 3.05) is 12.0 Å². The van der Waals surface area contributed by atoms with E-state index in [2.05, 4.69) is 24.3 Å². The largest absolute Gasteiger partial charge is 0.369 e. The Kier molecular flexibility index (Phi) is 3.05. The van der Waals surface area contributed by atoms with Crippen LogP contribution in [0, 0.1) is 0 Å². The van der Waals surface area contributed by atoms with E-state index in [9.17, 15) is 4.79 Å². The van der Waals surface area contributed by atoms with Gasteiger partial charge in [-0.25, -0.2) is 0 Å². The van der Waals surface area contributed by atoms with Crippen molar-refractivity contribution in [3.05, 3.63) is 65.7 Å². The number of rotatable bonds is 2. The first-order chi connectivity index (χ1) is 10.8. The highest BCUT2D eigenvalue weighted by atomic mass is 16.5. The van der Waals surface area contributed by atoms with Gasteiger partial charge in [-0.05, 0) is 42.5 Å². The minimum absolute atomic E-state index is 0.0606. The average Bonchev–Trinajstić information content (AvgIpc) is 2.56. The highest BCUT2D eigenvalue weighted by Gasteiger charge is 2.63. The second kappa shape index (κ2) is 4.96. The van der Waals surface area contributed by atoms with Crippen molar-refractivity contribution in [3.63, 3.8) is 0 Å². The molecule has 0 saturated carbocycles. The molecule has 2 aliphatic rings. The Bertz CT molecular complexity index is 712. The number of benzene rings is 2. The molecule has 1 fully saturated rings. The monoisotopic (exact) mass is 293 g/mol. The van der Waals surface area contributed by atoms with Gasteiger partial charge in [0.1, 0.15) is 5.54 Å². The number of aryl methyl sites for hydroxylation is 1. The van der Waals surface area contributed by atoms with Crippen LogP contribution in [0.5, 0.6) is 0 Å². The number of anilines is 1. The molecule has 1 aliphatic carbocycles. The second-order valence-electron chi connectivity index (χ2n) is 6.06. The van der Waals surface area contributed by atoms with Gasteiger partial charge in [-0.15, -0.1) is 0 Å². The van der Waals surface area contributed by atoms with E-state index >= 15 is 0 Å². The lowest BCUT2D eigenvalue weighted by molar-refractivity contribution is -0.149. The third-order valence-electron chi connectivity index (χ3n) is 5.02. The van der Waals surface area contributed by atoms with E-state index < -0.39 is 0 Å². The van der Waals surface area contributed by atoms with Crippen LogP contribution in [0.15, 0.2) is 54.6 Å². The van der Waals surface area contributed by atoms with E-state index in [-0.39, 0.29) is 17.6 Å². The molecule has 1 amide bonds. The summed E-state index contributed by atoms with van der Waals surface area (Å²) in [5.74, 6) is 0.0606. The number of ether oxygens (including phenoxy) is 1. The lowest BCUT2D eigenvalue weighted by Gasteiger charge is -2.58. The van der Waals surface area contributed by atoms with Crippen LogP contribution in [-0.2, 0) is 21.5 Å². The molecule has 3 nitrogen and oxygen atoms in total. The number of carbonyl (C=O) groups is 1. The van der Waals surface area contributed by atoms with Crippen LogP contribution in [0.3, 0.4) is 0 Å². The van der Waals surface area contributed by atoms with Crippen molar-refractivity contribution >= 4 is 11.6 Å². The van der Waals surface area contributed by atoms with Gasteiger partial charge in [-0.3, -0.25) is 9.69 Å². The van der Waals surface area contributed by atoms with E-state index in [4.69, 9.17) is 4.74 Å². The van der Waals surface area contributed by atoms with Crippen LogP contribution < -0.4 is 4.90 Å². The Hall–Kier alpha value is -2.13. The molecule has 2 unspecified atom stereocenters. The number of fused-ring (bicyclic) bond motifs is 2. The number of para-hydroxylation sites is 1. The van der Waals surface area contributed by atoms with Gasteiger partial charge in [0.05, 0.1) is 0 Å². The quantitative estimate of drug-likeness (QED) is 0.795. The maximum Gasteiger partial charge on any atom is 0.259 e. The van der Waals surface area contributed by atoms with Gasteiger partial charge in [0.25, 0.3) is 5.91 Å². The number of methoxy groups -OCH3 is 1. The van der Waals surface area contributed by atoms with E-state index in [1.165, 1.54) is 11.1 Å². The molecule has 0 bridgehead atoms. The summed E-state index contributed by atoms with van der Waals surface area (Å²) in [6.07, 6.45) is 2.72. The number of carbonyl (C=O) groups excluding carboxylic acids is 1. The van der Waals surface area contributed by atoms with Gasteiger partial charge in [0.2, 0.25) is 0 Å². The normalized spacial score (nSPS) is 26.7. The first-order valence-electron chi connectivity index (χ1n) is 7.79. The van der Waals surface area contributed by atoms with E-state index in [0.717, 1.165) is 24.9 Å². The summed E-state index contributed by atoms with van der Waals surface area (Å²) >= 11 is 0. The lowest BCUT2D eigenvalue weighted by atomic mass is 9.66. The third-order valence-corrected chi connectivity index (χ3v) is 5.02. The maximum atomic E-state index is 12.7. The first-order valence-corrected chi connectivity index (χ1v) is 7.79. The fourth-order valence-corrected chi connectivity index (χ4v) is 4.15. The zero-order valence-electron chi connectivity index (χ0n) is 12.7. The molecule has 1 saturated heterocycles. The van der Waals surface area contributed by atoms with Gasteiger partial charge in [-0.2, -0.15) is 0 Å². The van der Waals surface area contributed by atoms with E-state index in [1.807, 2.05) is 35.2 Å². The van der Waals surface area contributed by atoms with Gasteiger partial charge < -0.3 is 4.74 Å². The summed E-state index contributed by atoms with van der Waals surface area (Å²) in [6.45, 7) is 0. The molecule has 0 aromatic heterocycles. The van der Waals surface area contributed by atoms with Crippen LogP contribution in [0.1, 0.15) is 24.0 Å². The molecule has 1 heterocycles. The fraction of sp³-hybridized carbons (Fsp3) is 0.316. The minimum Gasteiger partial charge on any atom is -0.369 e. The molecule has 22 heavy (non-hydrogen) atoms. The zero-order valence-corrected chi connectivity index (χ0v) is 12.7. The summed E-state index contributed by atoms with van der Waals surface area (Å²) in [5.41, 5.74) is 3.19. The fourth-order valence-electron chi connectivity index (χ4n) is 4.15. The number of hydrogen-bond acceptors (Lipinski definition) is 2. The van der Waals surface area contributed by atoms with Crippen molar-refractivity contribution < 1.29 is 9.53 Å². The molecular weight excluding hydrogens is 274 g/mol. The molecule has 4 rings (SSSR count). The summed E-state index contributed by atoms with van der Waals surface area (Å²) in [7, 11) is 1.64. The third kappa shape index (κ3) is 1.63. The summed E-state index contributed by atoms with van der Waals surface area (Å²) in [5, 5.41) is 0. The Balaban J connectivity index is 1.89. The molecule has 1 spiro atoms. The van der Waals surface area contributed by atoms with Crippen LogP contribution in [0.2, 0.25) is 0 Å². The molecular formula is C19H19NO2. The Morgan fingerprint density at radius 1 is 1.09 bits per heavy atom. The molecule has 1 aliphatic heterocycles.